The Hall–Kier alpha value is -1.98. The molecule has 0 aliphatic rings. The Bertz CT molecular complexity index is 941. The van der Waals surface area contributed by atoms with Gasteiger partial charge in [-0.05, 0) is 31.4 Å². The third kappa shape index (κ3) is 5.76. The maximum Gasteiger partial charge on any atom is 0.334 e. The first-order valence-corrected chi connectivity index (χ1v) is 11.8. The van der Waals surface area contributed by atoms with Crippen molar-refractivity contribution in [2.75, 3.05) is 11.9 Å². The van der Waals surface area contributed by atoms with E-state index < -0.39 is 16.1 Å². The molecule has 0 bridgehead atoms. The summed E-state index contributed by atoms with van der Waals surface area (Å²) in [5.74, 6) is -0.389. The Balaban J connectivity index is 2.05. The molecule has 2 rings (SSSR count). The van der Waals surface area contributed by atoms with Gasteiger partial charge in [0.05, 0.1) is 12.3 Å². The lowest BCUT2D eigenvalue weighted by Gasteiger charge is -2.05. The molecular weight excluding hydrogens is 422 g/mol. The Morgan fingerprint density at radius 2 is 1.89 bits per heavy atom. The minimum absolute atomic E-state index is 0.0283. The van der Waals surface area contributed by atoms with E-state index in [-0.39, 0.29) is 16.8 Å². The van der Waals surface area contributed by atoms with Crippen LogP contribution in [-0.4, -0.2) is 32.0 Å². The molecule has 2 aromatic heterocycles. The number of thiophene rings is 1. The van der Waals surface area contributed by atoms with Crippen LogP contribution in [0.5, 0.6) is 0 Å². The number of nitrogens with one attached hydrogen (secondary N) is 2. The van der Waals surface area contributed by atoms with Gasteiger partial charge >= 0.3 is 12.0 Å². The normalized spacial score (nSPS) is 11.3. The van der Waals surface area contributed by atoms with E-state index in [4.69, 9.17) is 4.74 Å². The minimum Gasteiger partial charge on any atom is -0.465 e. The number of sulfonamides is 1. The molecule has 0 aliphatic carbocycles. The van der Waals surface area contributed by atoms with Gasteiger partial charge in [0.1, 0.15) is 4.21 Å². The van der Waals surface area contributed by atoms with Gasteiger partial charge in [0.2, 0.25) is 0 Å². The number of carbonyl (C=O) groups excluding carboxylic acids is 2. The summed E-state index contributed by atoms with van der Waals surface area (Å²) in [6.45, 7) is 7.23. The molecule has 8 nitrogen and oxygen atoms in total. The summed E-state index contributed by atoms with van der Waals surface area (Å²) in [4.78, 5) is 29.2. The number of hydrogen-bond donors (Lipinski definition) is 2. The average molecular weight is 446 g/mol. The van der Waals surface area contributed by atoms with Crippen LogP contribution in [0, 0.1) is 6.92 Å². The monoisotopic (exact) mass is 445 g/mol. The molecule has 2 N–H and O–H groups in total. The van der Waals surface area contributed by atoms with Crippen molar-refractivity contribution in [2.24, 2.45) is 0 Å². The number of aryl methyl sites for hydroxylation is 3. The molecule has 154 valence electrons. The molecule has 0 saturated heterocycles. The number of nitrogens with zero attached hydrogens (tertiary/aromatic N) is 1. The molecule has 2 aromatic rings. The fourth-order valence-corrected chi connectivity index (χ4v) is 5.90. The van der Waals surface area contributed by atoms with Crippen molar-refractivity contribution in [2.45, 2.75) is 51.2 Å². The van der Waals surface area contributed by atoms with Crippen LogP contribution in [0.1, 0.15) is 41.8 Å². The molecule has 28 heavy (non-hydrogen) atoms. The SMILES string of the molecule is CCc1nc(NC(=O)NS(=O)(=O)c2cc(C)c(CCOC(C)=O)s2)sc1CC. The van der Waals surface area contributed by atoms with Crippen LogP contribution in [-0.2, 0) is 38.8 Å². The largest absolute Gasteiger partial charge is 0.465 e. The first-order chi connectivity index (χ1) is 13.2. The number of rotatable bonds is 8. The van der Waals surface area contributed by atoms with E-state index in [9.17, 15) is 18.0 Å². The van der Waals surface area contributed by atoms with Crippen LogP contribution in [0.4, 0.5) is 9.93 Å². The molecule has 0 aromatic carbocycles. The molecule has 11 heteroatoms. The first-order valence-electron chi connectivity index (χ1n) is 8.71. The van der Waals surface area contributed by atoms with Gasteiger partial charge in [0, 0.05) is 23.1 Å². The van der Waals surface area contributed by atoms with Crippen LogP contribution < -0.4 is 10.0 Å². The van der Waals surface area contributed by atoms with Gasteiger partial charge < -0.3 is 4.74 Å². The second-order valence-electron chi connectivity index (χ2n) is 5.92. The van der Waals surface area contributed by atoms with Gasteiger partial charge in [0.15, 0.2) is 5.13 Å². The van der Waals surface area contributed by atoms with Crippen molar-refractivity contribution in [1.82, 2.24) is 9.71 Å². The zero-order valence-corrected chi connectivity index (χ0v) is 18.6. The molecule has 2 heterocycles. The molecule has 0 saturated carbocycles. The molecule has 0 radical (unpaired) electrons. The van der Waals surface area contributed by atoms with Crippen LogP contribution in [0.25, 0.3) is 0 Å². The second-order valence-corrected chi connectivity index (χ2v) is 10.0. The number of hydrogen-bond acceptors (Lipinski definition) is 8. The number of urea groups is 1. The average Bonchev–Trinajstić information content (AvgIpc) is 3.17. The smallest absolute Gasteiger partial charge is 0.334 e. The number of anilines is 1. The Kier molecular flexibility index (Phi) is 7.55. The first kappa shape index (κ1) is 22.3. The maximum atomic E-state index is 12.5. The van der Waals surface area contributed by atoms with E-state index in [1.807, 2.05) is 18.6 Å². The quantitative estimate of drug-likeness (QED) is 0.603. The maximum absolute atomic E-state index is 12.5. The highest BCUT2D eigenvalue weighted by Gasteiger charge is 2.22. The zero-order chi connectivity index (χ0) is 20.9. The van der Waals surface area contributed by atoms with Gasteiger partial charge in [-0.2, -0.15) is 0 Å². The summed E-state index contributed by atoms with van der Waals surface area (Å²) >= 11 is 2.38. The highest BCUT2D eigenvalue weighted by molar-refractivity contribution is 7.92. The molecule has 0 unspecified atom stereocenters. The Labute approximate surface area is 172 Å². The summed E-state index contributed by atoms with van der Waals surface area (Å²) in [7, 11) is -4.01. The van der Waals surface area contributed by atoms with Gasteiger partial charge in [0.25, 0.3) is 10.0 Å². The predicted octanol–water partition coefficient (Wildman–Crippen LogP) is 3.25. The van der Waals surface area contributed by atoms with Gasteiger partial charge in [-0.25, -0.2) is 22.9 Å². The predicted molar refractivity (Wildman–Crippen MR) is 110 cm³/mol. The van der Waals surface area contributed by atoms with Crippen molar-refractivity contribution in [3.8, 4) is 0 Å². The summed E-state index contributed by atoms with van der Waals surface area (Å²) in [5.41, 5.74) is 1.66. The van der Waals surface area contributed by atoms with E-state index >= 15 is 0 Å². The summed E-state index contributed by atoms with van der Waals surface area (Å²) in [6, 6.07) is 0.642. The Morgan fingerprint density at radius 3 is 2.46 bits per heavy atom. The fraction of sp³-hybridized carbons (Fsp3) is 0.471. The van der Waals surface area contributed by atoms with E-state index in [1.165, 1.54) is 24.3 Å². The number of carbonyl (C=O) groups is 2. The van der Waals surface area contributed by atoms with Crippen LogP contribution in [0.15, 0.2) is 10.3 Å². The van der Waals surface area contributed by atoms with Gasteiger partial charge in [-0.1, -0.05) is 13.8 Å². The molecule has 0 atom stereocenters. The zero-order valence-electron chi connectivity index (χ0n) is 16.1. The summed E-state index contributed by atoms with van der Waals surface area (Å²) in [6.07, 6.45) is 1.95. The number of aromatic nitrogens is 1. The molecule has 0 spiro atoms. The topological polar surface area (TPSA) is 114 Å². The standard InChI is InChI=1S/C17H23N3O5S3/c1-5-12-13(6-2)27-17(18-12)19-16(22)20-28(23,24)15-9-10(3)14(26-15)7-8-25-11(4)21/h9H,5-8H2,1-4H3,(H2,18,19,20,22). The number of amides is 2. The molecule has 0 aliphatic heterocycles. The number of ether oxygens (including phenoxy) is 1. The lowest BCUT2D eigenvalue weighted by Crippen LogP contribution is -2.33. The van der Waals surface area contributed by atoms with Crippen molar-refractivity contribution < 1.29 is 22.7 Å². The van der Waals surface area contributed by atoms with Crippen LogP contribution in [0.2, 0.25) is 0 Å². The lowest BCUT2D eigenvalue weighted by molar-refractivity contribution is -0.140. The minimum atomic E-state index is -4.01. The van der Waals surface area contributed by atoms with Crippen LogP contribution >= 0.6 is 22.7 Å². The molecular formula is C17H23N3O5S3. The summed E-state index contributed by atoms with van der Waals surface area (Å²) in [5, 5.41) is 2.86. The lowest BCUT2D eigenvalue weighted by atomic mass is 10.2. The van der Waals surface area contributed by atoms with Crippen molar-refractivity contribution in [3.05, 3.63) is 27.1 Å². The second kappa shape index (κ2) is 9.48. The number of thiazole rings is 1. The van der Waals surface area contributed by atoms with Crippen LogP contribution in [0.3, 0.4) is 0 Å². The van der Waals surface area contributed by atoms with Gasteiger partial charge in [-0.15, -0.1) is 22.7 Å². The summed E-state index contributed by atoms with van der Waals surface area (Å²) < 4.78 is 31.9. The highest BCUT2D eigenvalue weighted by Crippen LogP contribution is 2.27. The fourth-order valence-electron chi connectivity index (χ4n) is 2.44. The van der Waals surface area contributed by atoms with Crippen molar-refractivity contribution in [3.63, 3.8) is 0 Å². The van der Waals surface area contributed by atoms with E-state index in [1.54, 1.807) is 6.92 Å². The molecule has 0 fully saturated rings. The highest BCUT2D eigenvalue weighted by atomic mass is 32.2. The third-order valence-corrected chi connectivity index (χ3v) is 8.04. The van der Waals surface area contributed by atoms with Crippen molar-refractivity contribution in [1.29, 1.82) is 0 Å². The third-order valence-electron chi connectivity index (χ3n) is 3.78. The van der Waals surface area contributed by atoms with Gasteiger partial charge in [-0.3, -0.25) is 10.1 Å². The van der Waals surface area contributed by atoms with E-state index in [0.717, 1.165) is 45.2 Å². The van der Waals surface area contributed by atoms with E-state index in [0.29, 0.717) is 11.6 Å². The molecule has 2 amide bonds. The Morgan fingerprint density at radius 1 is 1.18 bits per heavy atom. The number of esters is 1. The van der Waals surface area contributed by atoms with Crippen molar-refractivity contribution >= 4 is 49.8 Å². The van der Waals surface area contributed by atoms with E-state index in [2.05, 4.69) is 10.3 Å².